The van der Waals surface area contributed by atoms with Gasteiger partial charge in [0.05, 0.1) is 0 Å². The van der Waals surface area contributed by atoms with E-state index in [4.69, 9.17) is 0 Å². The maximum Gasteiger partial charge on any atom is 0.538 e. The molecule has 1 fully saturated rings. The summed E-state index contributed by atoms with van der Waals surface area (Å²) in [5, 5.41) is 0. The van der Waals surface area contributed by atoms with Crippen molar-refractivity contribution in [1.82, 2.24) is 0 Å². The fourth-order valence-electron chi connectivity index (χ4n) is 1.19. The summed E-state index contributed by atoms with van der Waals surface area (Å²) in [6.07, 6.45) is 1.09. The number of halogens is 2. The summed E-state index contributed by atoms with van der Waals surface area (Å²) in [5.41, 5.74) is 0.219. The molecule has 1 aliphatic rings. The maximum atomic E-state index is 11.7. The lowest BCUT2D eigenvalue weighted by molar-refractivity contribution is 0.556. The van der Waals surface area contributed by atoms with Gasteiger partial charge in [0.2, 0.25) is 0 Å². The van der Waals surface area contributed by atoms with Gasteiger partial charge in [-0.05, 0) is 24.1 Å². The summed E-state index contributed by atoms with van der Waals surface area (Å²) < 4.78 is 23.3. The van der Waals surface area contributed by atoms with Gasteiger partial charge in [0.1, 0.15) is 0 Å². The van der Waals surface area contributed by atoms with Gasteiger partial charge in [-0.15, -0.1) is 0 Å². The number of hydrogen-bond donors (Lipinski definition) is 0. The van der Waals surface area contributed by atoms with E-state index in [-0.39, 0.29) is 17.7 Å². The molecular weight excluding hydrogens is 121 g/mol. The van der Waals surface area contributed by atoms with E-state index in [1.54, 1.807) is 0 Å². The van der Waals surface area contributed by atoms with Crippen molar-refractivity contribution in [3.8, 4) is 0 Å². The molecule has 0 aromatic heterocycles. The maximum absolute atomic E-state index is 11.7. The fourth-order valence-corrected chi connectivity index (χ4v) is 1.19. The van der Waals surface area contributed by atoms with Crippen LogP contribution in [0, 0.1) is 11.3 Å². The van der Waals surface area contributed by atoms with Gasteiger partial charge < -0.3 is 0 Å². The van der Waals surface area contributed by atoms with Crippen molar-refractivity contribution in [3.05, 3.63) is 0 Å². The third-order valence-electron chi connectivity index (χ3n) is 2.18. The van der Waals surface area contributed by atoms with Gasteiger partial charge in [-0.1, -0.05) is 13.8 Å². The molecule has 0 aromatic carbocycles. The normalized spacial score (nSPS) is 30.0. The second-order valence-corrected chi connectivity index (χ2v) is 3.52. The molecule has 0 spiro atoms. The number of rotatable bonds is 2. The number of hydrogen-bond acceptors (Lipinski definition) is 0. The van der Waals surface area contributed by atoms with Gasteiger partial charge in [-0.2, -0.15) is 0 Å². The standard InChI is InChI=1S/C6H11BF2/c1-6(2)3-5(6)4-7(8)9/h5H,3-4H2,1-2H3. The van der Waals surface area contributed by atoms with Gasteiger partial charge in [0, 0.05) is 0 Å². The Hall–Kier alpha value is -0.0751. The first kappa shape index (κ1) is 7.04. The van der Waals surface area contributed by atoms with Crippen LogP contribution in [0.15, 0.2) is 0 Å². The van der Waals surface area contributed by atoms with Crippen LogP contribution in [0.25, 0.3) is 0 Å². The first-order chi connectivity index (χ1) is 4.02. The highest BCUT2D eigenvalue weighted by Crippen LogP contribution is 2.54. The predicted octanol–water partition coefficient (Wildman–Crippen LogP) is 2.46. The molecule has 0 saturated heterocycles. The zero-order valence-electron chi connectivity index (χ0n) is 5.82. The zero-order chi connectivity index (χ0) is 7.07. The summed E-state index contributed by atoms with van der Waals surface area (Å²) >= 11 is 0. The van der Waals surface area contributed by atoms with Crippen molar-refractivity contribution < 1.29 is 8.63 Å². The Labute approximate surface area is 54.8 Å². The van der Waals surface area contributed by atoms with Crippen molar-refractivity contribution >= 4 is 7.27 Å². The van der Waals surface area contributed by atoms with Crippen LogP contribution in [0.1, 0.15) is 20.3 Å². The third-order valence-corrected chi connectivity index (χ3v) is 2.18. The minimum atomic E-state index is -2.10. The second kappa shape index (κ2) is 1.96. The second-order valence-electron chi connectivity index (χ2n) is 3.52. The first-order valence-corrected chi connectivity index (χ1v) is 3.30. The highest BCUT2D eigenvalue weighted by Gasteiger charge is 2.47. The highest BCUT2D eigenvalue weighted by atomic mass is 19.2. The SMILES string of the molecule is CC1(C)CC1CB(F)F. The van der Waals surface area contributed by atoms with Crippen molar-refractivity contribution in [2.24, 2.45) is 11.3 Å². The average molecular weight is 132 g/mol. The Kier molecular flexibility index (Phi) is 1.53. The van der Waals surface area contributed by atoms with Crippen molar-refractivity contribution in [1.29, 1.82) is 0 Å². The van der Waals surface area contributed by atoms with Crippen LogP contribution in [-0.4, -0.2) is 7.27 Å². The molecule has 1 aliphatic carbocycles. The Balaban J connectivity index is 2.20. The topological polar surface area (TPSA) is 0 Å². The van der Waals surface area contributed by atoms with Crippen LogP contribution in [-0.2, 0) is 0 Å². The van der Waals surface area contributed by atoms with Crippen LogP contribution < -0.4 is 0 Å². The van der Waals surface area contributed by atoms with E-state index in [9.17, 15) is 8.63 Å². The monoisotopic (exact) mass is 132 g/mol. The minimum absolute atomic E-state index is 0.104. The molecule has 1 rings (SSSR count). The lowest BCUT2D eigenvalue weighted by atomic mass is 9.87. The quantitative estimate of drug-likeness (QED) is 0.506. The highest BCUT2D eigenvalue weighted by molar-refractivity contribution is 6.42. The molecule has 0 amide bonds. The van der Waals surface area contributed by atoms with Crippen LogP contribution >= 0.6 is 0 Å². The minimum Gasteiger partial charge on any atom is -0.287 e. The van der Waals surface area contributed by atoms with Crippen LogP contribution in [0.3, 0.4) is 0 Å². The van der Waals surface area contributed by atoms with Crippen molar-refractivity contribution in [2.75, 3.05) is 0 Å². The summed E-state index contributed by atoms with van der Waals surface area (Å²) in [7, 11) is -2.10. The molecule has 0 aliphatic heterocycles. The summed E-state index contributed by atoms with van der Waals surface area (Å²) in [6, 6.07) is 0. The van der Waals surface area contributed by atoms with E-state index in [2.05, 4.69) is 0 Å². The van der Waals surface area contributed by atoms with E-state index in [0.717, 1.165) is 6.42 Å². The van der Waals surface area contributed by atoms with E-state index in [1.165, 1.54) is 0 Å². The molecule has 1 atom stereocenters. The average Bonchev–Trinajstić information content (AvgIpc) is 2.10. The Morgan fingerprint density at radius 1 is 1.56 bits per heavy atom. The lowest BCUT2D eigenvalue weighted by Crippen LogP contribution is -2.00. The Morgan fingerprint density at radius 2 is 2.00 bits per heavy atom. The fraction of sp³-hybridized carbons (Fsp3) is 1.00. The largest absolute Gasteiger partial charge is 0.538 e. The molecule has 0 radical (unpaired) electrons. The summed E-state index contributed by atoms with van der Waals surface area (Å²) in [6.45, 7) is 4.08. The molecule has 0 aromatic rings. The molecule has 0 bridgehead atoms. The smallest absolute Gasteiger partial charge is 0.287 e. The van der Waals surface area contributed by atoms with Crippen molar-refractivity contribution in [2.45, 2.75) is 26.6 Å². The molecule has 0 N–H and O–H groups in total. The van der Waals surface area contributed by atoms with Crippen LogP contribution in [0.4, 0.5) is 8.63 Å². The lowest BCUT2D eigenvalue weighted by Gasteiger charge is -1.98. The summed E-state index contributed by atoms with van der Waals surface area (Å²) in [4.78, 5) is 0. The Bertz CT molecular complexity index is 112. The van der Waals surface area contributed by atoms with E-state index in [0.29, 0.717) is 0 Å². The predicted molar refractivity (Wildman–Crippen MR) is 34.7 cm³/mol. The van der Waals surface area contributed by atoms with Gasteiger partial charge >= 0.3 is 7.27 Å². The summed E-state index contributed by atoms with van der Waals surface area (Å²) in [5.74, 6) is 0.289. The first-order valence-electron chi connectivity index (χ1n) is 3.30. The Morgan fingerprint density at radius 3 is 2.11 bits per heavy atom. The third kappa shape index (κ3) is 1.67. The molecular formula is C6H11BF2. The van der Waals surface area contributed by atoms with E-state index in [1.807, 2.05) is 13.8 Å². The molecule has 52 valence electrons. The van der Waals surface area contributed by atoms with Crippen molar-refractivity contribution in [3.63, 3.8) is 0 Å². The molecule has 0 heterocycles. The zero-order valence-corrected chi connectivity index (χ0v) is 5.82. The molecule has 9 heavy (non-hydrogen) atoms. The van der Waals surface area contributed by atoms with Gasteiger partial charge in [0.15, 0.2) is 0 Å². The molecule has 1 saturated carbocycles. The van der Waals surface area contributed by atoms with E-state index >= 15 is 0 Å². The van der Waals surface area contributed by atoms with Gasteiger partial charge in [0.25, 0.3) is 0 Å². The van der Waals surface area contributed by atoms with Crippen LogP contribution in [0.5, 0.6) is 0 Å². The molecule has 1 unspecified atom stereocenters. The molecule has 0 nitrogen and oxygen atoms in total. The van der Waals surface area contributed by atoms with Gasteiger partial charge in [-0.3, -0.25) is 8.63 Å². The molecule has 3 heteroatoms. The van der Waals surface area contributed by atoms with E-state index < -0.39 is 7.27 Å². The van der Waals surface area contributed by atoms with Crippen LogP contribution in [0.2, 0.25) is 6.32 Å². The van der Waals surface area contributed by atoms with Gasteiger partial charge in [-0.25, -0.2) is 0 Å².